The molecule has 1 aromatic heterocycles. The molecule has 3 aromatic rings. The van der Waals surface area contributed by atoms with Gasteiger partial charge < -0.3 is 5.32 Å². The van der Waals surface area contributed by atoms with Crippen molar-refractivity contribution in [3.05, 3.63) is 71.9 Å². The molecule has 0 aliphatic carbocycles. The molecule has 3 rings (SSSR count). The Hall–Kier alpha value is -2.68. The maximum Gasteiger partial charge on any atom is 0.255 e. The Labute approximate surface area is 117 Å². The quantitative estimate of drug-likeness (QED) is 0.763. The van der Waals surface area contributed by atoms with E-state index in [9.17, 15) is 4.79 Å². The van der Waals surface area contributed by atoms with Gasteiger partial charge in [0.05, 0.1) is 11.2 Å². The van der Waals surface area contributed by atoms with Gasteiger partial charge in [-0.15, -0.1) is 0 Å². The highest BCUT2D eigenvalue weighted by molar-refractivity contribution is 6.08. The molecule has 20 heavy (non-hydrogen) atoms. The van der Waals surface area contributed by atoms with Crippen molar-refractivity contribution >= 4 is 22.5 Å². The number of nitrogens with zero attached hydrogens (tertiary/aromatic N) is 1. The van der Waals surface area contributed by atoms with Crippen LogP contribution in [-0.2, 0) is 0 Å². The summed E-state index contributed by atoms with van der Waals surface area (Å²) in [6.45, 7) is 1.94. The second kappa shape index (κ2) is 5.13. The van der Waals surface area contributed by atoms with Gasteiger partial charge in [0.1, 0.15) is 0 Å². The van der Waals surface area contributed by atoms with Crippen molar-refractivity contribution in [1.29, 1.82) is 0 Å². The van der Waals surface area contributed by atoms with E-state index >= 15 is 0 Å². The zero-order valence-corrected chi connectivity index (χ0v) is 11.1. The van der Waals surface area contributed by atoms with E-state index in [1.54, 1.807) is 12.1 Å². The first-order valence-corrected chi connectivity index (χ1v) is 6.47. The molecule has 0 saturated carbocycles. The number of aromatic nitrogens is 1. The molecular weight excluding hydrogens is 248 g/mol. The highest BCUT2D eigenvalue weighted by atomic mass is 16.1. The van der Waals surface area contributed by atoms with Gasteiger partial charge in [-0.1, -0.05) is 36.4 Å². The van der Waals surface area contributed by atoms with Gasteiger partial charge in [-0.2, -0.15) is 0 Å². The Morgan fingerprint density at radius 1 is 0.950 bits per heavy atom. The third kappa shape index (κ3) is 2.38. The van der Waals surface area contributed by atoms with Crippen molar-refractivity contribution in [3.63, 3.8) is 0 Å². The maximum atomic E-state index is 12.2. The van der Waals surface area contributed by atoms with Gasteiger partial charge >= 0.3 is 0 Å². The minimum atomic E-state index is -0.124. The highest BCUT2D eigenvalue weighted by Gasteiger charge is 2.08. The van der Waals surface area contributed by atoms with E-state index in [-0.39, 0.29) is 5.91 Å². The van der Waals surface area contributed by atoms with Gasteiger partial charge in [0.15, 0.2) is 0 Å². The lowest BCUT2D eigenvalue weighted by Gasteiger charge is -2.08. The van der Waals surface area contributed by atoms with Crippen LogP contribution in [-0.4, -0.2) is 10.9 Å². The number of benzene rings is 2. The summed E-state index contributed by atoms with van der Waals surface area (Å²) in [5.74, 6) is -0.124. The minimum absolute atomic E-state index is 0.124. The fraction of sp³-hybridized carbons (Fsp3) is 0.0588. The van der Waals surface area contributed by atoms with Gasteiger partial charge in [0, 0.05) is 16.6 Å². The summed E-state index contributed by atoms with van der Waals surface area (Å²) >= 11 is 0. The standard InChI is InChI=1S/C17H14N2O/c1-12-10-11-13-8-5-9-15(16(13)18-12)19-17(20)14-6-3-2-4-7-14/h2-11H,1H3,(H,19,20). The summed E-state index contributed by atoms with van der Waals surface area (Å²) in [6, 6.07) is 18.9. The van der Waals surface area contributed by atoms with E-state index in [2.05, 4.69) is 10.3 Å². The first-order valence-electron chi connectivity index (χ1n) is 6.47. The lowest BCUT2D eigenvalue weighted by molar-refractivity contribution is 0.102. The number of anilines is 1. The lowest BCUT2D eigenvalue weighted by Crippen LogP contribution is -2.12. The van der Waals surface area contributed by atoms with Crippen LogP contribution in [0.1, 0.15) is 16.1 Å². The summed E-state index contributed by atoms with van der Waals surface area (Å²) < 4.78 is 0. The SMILES string of the molecule is Cc1ccc2cccc(NC(=O)c3ccccc3)c2n1. The topological polar surface area (TPSA) is 42.0 Å². The van der Waals surface area contributed by atoms with Crippen LogP contribution in [0.4, 0.5) is 5.69 Å². The number of rotatable bonds is 2. The number of amides is 1. The normalized spacial score (nSPS) is 10.4. The molecular formula is C17H14N2O. The fourth-order valence-corrected chi connectivity index (χ4v) is 2.13. The van der Waals surface area contributed by atoms with Gasteiger partial charge in [-0.25, -0.2) is 0 Å². The number of pyridine rings is 1. The first kappa shape index (κ1) is 12.4. The predicted octanol–water partition coefficient (Wildman–Crippen LogP) is 3.80. The van der Waals surface area contributed by atoms with Crippen molar-refractivity contribution < 1.29 is 4.79 Å². The molecule has 1 heterocycles. The molecule has 3 heteroatoms. The third-order valence-electron chi connectivity index (χ3n) is 3.14. The molecule has 0 aliphatic heterocycles. The number of nitrogens with one attached hydrogen (secondary N) is 1. The van der Waals surface area contributed by atoms with E-state index in [0.717, 1.165) is 22.3 Å². The largest absolute Gasteiger partial charge is 0.320 e. The highest BCUT2D eigenvalue weighted by Crippen LogP contribution is 2.22. The molecule has 98 valence electrons. The van der Waals surface area contributed by atoms with Crippen LogP contribution in [0.15, 0.2) is 60.7 Å². The van der Waals surface area contributed by atoms with E-state index in [1.165, 1.54) is 0 Å². The van der Waals surface area contributed by atoms with Crippen LogP contribution in [0.2, 0.25) is 0 Å². The number of aryl methyl sites for hydroxylation is 1. The van der Waals surface area contributed by atoms with Crippen molar-refractivity contribution in [1.82, 2.24) is 4.98 Å². The van der Waals surface area contributed by atoms with E-state index in [0.29, 0.717) is 5.56 Å². The lowest BCUT2D eigenvalue weighted by atomic mass is 10.1. The Morgan fingerprint density at radius 2 is 1.75 bits per heavy atom. The molecule has 2 aromatic carbocycles. The van der Waals surface area contributed by atoms with Crippen molar-refractivity contribution in [2.75, 3.05) is 5.32 Å². The molecule has 3 nitrogen and oxygen atoms in total. The molecule has 0 saturated heterocycles. The summed E-state index contributed by atoms with van der Waals surface area (Å²) in [5.41, 5.74) is 3.12. The number of fused-ring (bicyclic) bond motifs is 1. The zero-order valence-electron chi connectivity index (χ0n) is 11.1. The minimum Gasteiger partial charge on any atom is -0.320 e. The average molecular weight is 262 g/mol. The number of para-hydroxylation sites is 1. The summed E-state index contributed by atoms with van der Waals surface area (Å²) in [7, 11) is 0. The fourth-order valence-electron chi connectivity index (χ4n) is 2.13. The third-order valence-corrected chi connectivity index (χ3v) is 3.14. The molecule has 0 radical (unpaired) electrons. The van der Waals surface area contributed by atoms with Crippen molar-refractivity contribution in [2.45, 2.75) is 6.92 Å². The van der Waals surface area contributed by atoms with Crippen LogP contribution < -0.4 is 5.32 Å². The van der Waals surface area contributed by atoms with E-state index in [4.69, 9.17) is 0 Å². The van der Waals surface area contributed by atoms with Crippen LogP contribution in [0.5, 0.6) is 0 Å². The summed E-state index contributed by atoms with van der Waals surface area (Å²) in [4.78, 5) is 16.7. The monoisotopic (exact) mass is 262 g/mol. The van der Waals surface area contributed by atoms with Crippen LogP contribution in [0.3, 0.4) is 0 Å². The Kier molecular flexibility index (Phi) is 3.17. The second-order valence-corrected chi connectivity index (χ2v) is 4.65. The molecule has 0 aliphatic rings. The molecule has 0 fully saturated rings. The van der Waals surface area contributed by atoms with E-state index < -0.39 is 0 Å². The molecule has 1 N–H and O–H groups in total. The van der Waals surface area contributed by atoms with Gasteiger partial charge in [0.25, 0.3) is 5.91 Å². The second-order valence-electron chi connectivity index (χ2n) is 4.65. The Balaban J connectivity index is 1.99. The predicted molar refractivity (Wildman–Crippen MR) is 80.9 cm³/mol. The Morgan fingerprint density at radius 3 is 2.55 bits per heavy atom. The smallest absolute Gasteiger partial charge is 0.255 e. The molecule has 0 atom stereocenters. The first-order chi connectivity index (χ1) is 9.74. The van der Waals surface area contributed by atoms with Gasteiger partial charge in [-0.3, -0.25) is 9.78 Å². The molecule has 0 spiro atoms. The molecule has 0 unspecified atom stereocenters. The van der Waals surface area contributed by atoms with Gasteiger partial charge in [0.2, 0.25) is 0 Å². The number of hydrogen-bond donors (Lipinski definition) is 1. The number of carbonyl (C=O) groups is 1. The van der Waals surface area contributed by atoms with Gasteiger partial charge in [-0.05, 0) is 31.2 Å². The van der Waals surface area contributed by atoms with Crippen LogP contribution in [0.25, 0.3) is 10.9 Å². The maximum absolute atomic E-state index is 12.2. The van der Waals surface area contributed by atoms with Crippen molar-refractivity contribution in [2.24, 2.45) is 0 Å². The number of hydrogen-bond acceptors (Lipinski definition) is 2. The zero-order chi connectivity index (χ0) is 13.9. The summed E-state index contributed by atoms with van der Waals surface area (Å²) in [5, 5.41) is 3.94. The van der Waals surface area contributed by atoms with Crippen molar-refractivity contribution in [3.8, 4) is 0 Å². The van der Waals surface area contributed by atoms with Crippen LogP contribution >= 0.6 is 0 Å². The Bertz CT molecular complexity index is 766. The summed E-state index contributed by atoms with van der Waals surface area (Å²) in [6.07, 6.45) is 0. The van der Waals surface area contributed by atoms with E-state index in [1.807, 2.05) is 55.5 Å². The molecule has 1 amide bonds. The van der Waals surface area contributed by atoms with Crippen LogP contribution in [0, 0.1) is 6.92 Å². The molecule has 0 bridgehead atoms. The number of carbonyl (C=O) groups excluding carboxylic acids is 1. The average Bonchev–Trinajstić information content (AvgIpc) is 2.49.